The van der Waals surface area contributed by atoms with Gasteiger partial charge in [-0.3, -0.25) is 4.90 Å². The van der Waals surface area contributed by atoms with Crippen LogP contribution < -0.4 is 9.47 Å². The molecule has 2 aromatic rings. The number of ether oxygens (including phenoxy) is 2. The Bertz CT molecular complexity index is 660. The predicted molar refractivity (Wildman–Crippen MR) is 96.9 cm³/mol. The van der Waals surface area contributed by atoms with Crippen molar-refractivity contribution in [1.82, 2.24) is 9.88 Å². The van der Waals surface area contributed by atoms with Gasteiger partial charge in [0.1, 0.15) is 18.5 Å². The number of benzene rings is 1. The van der Waals surface area contributed by atoms with Crippen molar-refractivity contribution in [3.8, 4) is 11.6 Å². The summed E-state index contributed by atoms with van der Waals surface area (Å²) in [4.78, 5) is 6.73. The van der Waals surface area contributed by atoms with E-state index in [0.717, 1.165) is 55.2 Å². The molecule has 1 fully saturated rings. The van der Waals surface area contributed by atoms with Gasteiger partial charge in [-0.15, -0.1) is 0 Å². The van der Waals surface area contributed by atoms with Crippen LogP contribution in [0.2, 0.25) is 0 Å². The Balaban J connectivity index is 1.42. The standard InChI is InChI=1S/C20H26N2O3/c1-2-17-4-3-10-21-20(17)25-19-9-11-22(14-19)12-13-24-18-7-5-16(15-23)6-8-18/h3-8,10,19,23H,2,9,11-15H2,1H3. The van der Waals surface area contributed by atoms with E-state index in [1.807, 2.05) is 30.3 Å². The summed E-state index contributed by atoms with van der Waals surface area (Å²) < 4.78 is 11.9. The van der Waals surface area contributed by atoms with E-state index in [4.69, 9.17) is 14.6 Å². The van der Waals surface area contributed by atoms with Gasteiger partial charge in [-0.25, -0.2) is 4.98 Å². The molecule has 25 heavy (non-hydrogen) atoms. The van der Waals surface area contributed by atoms with Gasteiger partial charge < -0.3 is 14.6 Å². The van der Waals surface area contributed by atoms with E-state index in [1.54, 1.807) is 6.20 Å². The highest BCUT2D eigenvalue weighted by Gasteiger charge is 2.24. The quantitative estimate of drug-likeness (QED) is 0.799. The molecule has 0 aliphatic carbocycles. The second-order valence-electron chi connectivity index (χ2n) is 6.30. The van der Waals surface area contributed by atoms with Gasteiger partial charge in [0.25, 0.3) is 0 Å². The van der Waals surface area contributed by atoms with Crippen LogP contribution in [-0.4, -0.2) is 47.3 Å². The molecule has 1 aliphatic rings. The maximum Gasteiger partial charge on any atom is 0.216 e. The normalized spacial score (nSPS) is 17.6. The van der Waals surface area contributed by atoms with Gasteiger partial charge in [0.05, 0.1) is 6.61 Å². The van der Waals surface area contributed by atoms with Crippen molar-refractivity contribution in [3.63, 3.8) is 0 Å². The third kappa shape index (κ3) is 4.94. The monoisotopic (exact) mass is 342 g/mol. The van der Waals surface area contributed by atoms with Gasteiger partial charge in [-0.2, -0.15) is 0 Å². The molecular formula is C20H26N2O3. The van der Waals surface area contributed by atoms with Crippen LogP contribution >= 0.6 is 0 Å². The third-order valence-electron chi connectivity index (χ3n) is 4.52. The fraction of sp³-hybridized carbons (Fsp3) is 0.450. The largest absolute Gasteiger partial charge is 0.492 e. The van der Waals surface area contributed by atoms with E-state index in [1.165, 1.54) is 0 Å². The minimum absolute atomic E-state index is 0.0610. The van der Waals surface area contributed by atoms with Crippen molar-refractivity contribution in [2.75, 3.05) is 26.2 Å². The molecule has 3 rings (SSSR count). The SMILES string of the molecule is CCc1cccnc1OC1CCN(CCOc2ccc(CO)cc2)C1. The summed E-state index contributed by atoms with van der Waals surface area (Å²) in [5.74, 6) is 1.61. The van der Waals surface area contributed by atoms with Crippen LogP contribution in [0.4, 0.5) is 0 Å². The summed E-state index contributed by atoms with van der Waals surface area (Å²) in [5, 5.41) is 9.05. The van der Waals surface area contributed by atoms with Crippen molar-refractivity contribution in [2.45, 2.75) is 32.5 Å². The Kier molecular flexibility index (Phi) is 6.25. The Labute approximate surface area is 149 Å². The van der Waals surface area contributed by atoms with Crippen LogP contribution in [0.3, 0.4) is 0 Å². The zero-order chi connectivity index (χ0) is 17.5. The zero-order valence-corrected chi connectivity index (χ0v) is 14.7. The maximum absolute atomic E-state index is 9.05. The summed E-state index contributed by atoms with van der Waals surface area (Å²) in [5.41, 5.74) is 2.06. The highest BCUT2D eigenvalue weighted by molar-refractivity contribution is 5.27. The lowest BCUT2D eigenvalue weighted by Crippen LogP contribution is -2.29. The number of aromatic nitrogens is 1. The molecule has 0 bridgehead atoms. The molecule has 2 heterocycles. The molecule has 1 saturated heterocycles. The minimum Gasteiger partial charge on any atom is -0.492 e. The lowest BCUT2D eigenvalue weighted by atomic mass is 10.2. The molecule has 0 amide bonds. The Hall–Kier alpha value is -2.11. The number of hydrogen-bond acceptors (Lipinski definition) is 5. The molecule has 1 unspecified atom stereocenters. The molecule has 0 radical (unpaired) electrons. The molecule has 1 N–H and O–H groups in total. The number of likely N-dealkylation sites (tertiary alicyclic amines) is 1. The summed E-state index contributed by atoms with van der Waals surface area (Å²) in [7, 11) is 0. The van der Waals surface area contributed by atoms with Gasteiger partial charge in [0.2, 0.25) is 5.88 Å². The lowest BCUT2D eigenvalue weighted by Gasteiger charge is -2.17. The zero-order valence-electron chi connectivity index (χ0n) is 14.7. The number of aliphatic hydroxyl groups is 1. The van der Waals surface area contributed by atoms with Crippen LogP contribution in [0.5, 0.6) is 11.6 Å². The molecule has 1 aromatic heterocycles. The van der Waals surface area contributed by atoms with Gasteiger partial charge >= 0.3 is 0 Å². The molecule has 134 valence electrons. The lowest BCUT2D eigenvalue weighted by molar-refractivity contribution is 0.180. The predicted octanol–water partition coefficient (Wildman–Crippen LogP) is 2.67. The Morgan fingerprint density at radius 1 is 1.24 bits per heavy atom. The van der Waals surface area contributed by atoms with Crippen molar-refractivity contribution in [2.24, 2.45) is 0 Å². The first kappa shape index (κ1) is 17.7. The molecule has 1 aromatic carbocycles. The molecule has 5 nitrogen and oxygen atoms in total. The summed E-state index contributed by atoms with van der Waals surface area (Å²) in [6.45, 7) is 5.64. The van der Waals surface area contributed by atoms with Crippen LogP contribution in [0.1, 0.15) is 24.5 Å². The maximum atomic E-state index is 9.05. The van der Waals surface area contributed by atoms with Gasteiger partial charge in [-0.05, 0) is 36.6 Å². The van der Waals surface area contributed by atoms with E-state index in [-0.39, 0.29) is 12.7 Å². The minimum atomic E-state index is 0.0610. The van der Waals surface area contributed by atoms with Crippen molar-refractivity contribution in [1.29, 1.82) is 0 Å². The Morgan fingerprint density at radius 2 is 2.08 bits per heavy atom. The van der Waals surface area contributed by atoms with Crippen LogP contribution in [0, 0.1) is 0 Å². The van der Waals surface area contributed by atoms with E-state index < -0.39 is 0 Å². The van der Waals surface area contributed by atoms with Crippen molar-refractivity contribution < 1.29 is 14.6 Å². The average molecular weight is 342 g/mol. The molecule has 1 atom stereocenters. The number of aliphatic hydroxyl groups excluding tert-OH is 1. The number of nitrogens with zero attached hydrogens (tertiary/aromatic N) is 2. The van der Waals surface area contributed by atoms with E-state index >= 15 is 0 Å². The van der Waals surface area contributed by atoms with E-state index in [9.17, 15) is 0 Å². The first-order chi connectivity index (χ1) is 12.3. The first-order valence-electron chi connectivity index (χ1n) is 8.94. The fourth-order valence-electron chi connectivity index (χ4n) is 3.04. The molecule has 0 saturated carbocycles. The van der Waals surface area contributed by atoms with Crippen LogP contribution in [-0.2, 0) is 13.0 Å². The van der Waals surface area contributed by atoms with Crippen LogP contribution in [0.25, 0.3) is 0 Å². The molecule has 1 aliphatic heterocycles. The molecular weight excluding hydrogens is 316 g/mol. The van der Waals surface area contributed by atoms with E-state index in [0.29, 0.717) is 6.61 Å². The van der Waals surface area contributed by atoms with Gasteiger partial charge in [0.15, 0.2) is 0 Å². The topological polar surface area (TPSA) is 54.8 Å². The third-order valence-corrected chi connectivity index (χ3v) is 4.52. The fourth-order valence-corrected chi connectivity index (χ4v) is 3.04. The number of hydrogen-bond donors (Lipinski definition) is 1. The van der Waals surface area contributed by atoms with Crippen molar-refractivity contribution in [3.05, 3.63) is 53.7 Å². The van der Waals surface area contributed by atoms with Gasteiger partial charge in [0, 0.05) is 31.4 Å². The van der Waals surface area contributed by atoms with Gasteiger partial charge in [-0.1, -0.05) is 25.1 Å². The number of rotatable bonds is 8. The van der Waals surface area contributed by atoms with Crippen molar-refractivity contribution >= 4 is 0 Å². The number of pyridine rings is 1. The molecule has 5 heteroatoms. The van der Waals surface area contributed by atoms with Crippen LogP contribution in [0.15, 0.2) is 42.6 Å². The average Bonchev–Trinajstić information content (AvgIpc) is 3.10. The second kappa shape index (κ2) is 8.83. The molecule has 0 spiro atoms. The Morgan fingerprint density at radius 3 is 2.84 bits per heavy atom. The summed E-state index contributed by atoms with van der Waals surface area (Å²) in [6.07, 6.45) is 3.94. The summed E-state index contributed by atoms with van der Waals surface area (Å²) >= 11 is 0. The summed E-state index contributed by atoms with van der Waals surface area (Å²) in [6, 6.07) is 11.6. The smallest absolute Gasteiger partial charge is 0.216 e. The van der Waals surface area contributed by atoms with E-state index in [2.05, 4.69) is 22.9 Å². The number of aryl methyl sites for hydroxylation is 1. The highest BCUT2D eigenvalue weighted by Crippen LogP contribution is 2.20. The second-order valence-corrected chi connectivity index (χ2v) is 6.30. The first-order valence-corrected chi connectivity index (χ1v) is 8.94. The highest BCUT2D eigenvalue weighted by atomic mass is 16.5.